The van der Waals surface area contributed by atoms with Crippen LogP contribution in [0.4, 0.5) is 0 Å². The number of benzene rings is 1. The summed E-state index contributed by atoms with van der Waals surface area (Å²) in [5.74, 6) is 0.377. The Bertz CT molecular complexity index is 568. The summed E-state index contributed by atoms with van der Waals surface area (Å²) in [5.41, 5.74) is 0.921. The van der Waals surface area contributed by atoms with Crippen molar-refractivity contribution in [1.82, 2.24) is 9.62 Å². The minimum Gasteiger partial charge on any atom is -0.495 e. The summed E-state index contributed by atoms with van der Waals surface area (Å²) in [6, 6.07) is 5.27. The summed E-state index contributed by atoms with van der Waals surface area (Å²) in [6.45, 7) is 5.09. The third-order valence-electron chi connectivity index (χ3n) is 3.40. The van der Waals surface area contributed by atoms with Crippen molar-refractivity contribution in [2.45, 2.75) is 18.4 Å². The molecule has 1 heterocycles. The van der Waals surface area contributed by atoms with Gasteiger partial charge in [-0.05, 0) is 24.2 Å². The van der Waals surface area contributed by atoms with Gasteiger partial charge in [-0.25, -0.2) is 8.42 Å². The largest absolute Gasteiger partial charge is 0.495 e. The van der Waals surface area contributed by atoms with Crippen LogP contribution < -0.4 is 10.1 Å². The first kappa shape index (κ1) is 16.2. The minimum atomic E-state index is -3.55. The van der Waals surface area contributed by atoms with Crippen LogP contribution >= 0.6 is 0 Å². The van der Waals surface area contributed by atoms with Gasteiger partial charge in [0.15, 0.2) is 0 Å². The van der Waals surface area contributed by atoms with Crippen LogP contribution in [-0.4, -0.2) is 52.7 Å². The SMILES string of the molecule is CCNCc1ccc(OC)c(S(=O)(=O)N2CCOCC2)c1. The van der Waals surface area contributed by atoms with E-state index in [9.17, 15) is 8.42 Å². The van der Waals surface area contributed by atoms with Crippen LogP contribution in [0.3, 0.4) is 0 Å². The van der Waals surface area contributed by atoms with Crippen LogP contribution in [0, 0.1) is 0 Å². The number of hydrogen-bond donors (Lipinski definition) is 1. The van der Waals surface area contributed by atoms with E-state index in [1.807, 2.05) is 13.0 Å². The van der Waals surface area contributed by atoms with Gasteiger partial charge in [-0.2, -0.15) is 4.31 Å². The normalized spacial score (nSPS) is 16.9. The quantitative estimate of drug-likeness (QED) is 0.842. The van der Waals surface area contributed by atoms with Crippen LogP contribution in [0.15, 0.2) is 23.1 Å². The number of nitrogens with zero attached hydrogens (tertiary/aromatic N) is 1. The lowest BCUT2D eigenvalue weighted by atomic mass is 10.2. The molecule has 2 rings (SSSR count). The molecule has 0 spiro atoms. The number of ether oxygens (including phenoxy) is 2. The molecule has 21 heavy (non-hydrogen) atoms. The summed E-state index contributed by atoms with van der Waals surface area (Å²) in [4.78, 5) is 0.224. The van der Waals surface area contributed by atoms with Crippen molar-refractivity contribution < 1.29 is 17.9 Å². The highest BCUT2D eigenvalue weighted by Crippen LogP contribution is 2.28. The fourth-order valence-electron chi connectivity index (χ4n) is 2.23. The zero-order chi connectivity index (χ0) is 15.3. The number of nitrogens with one attached hydrogen (secondary N) is 1. The van der Waals surface area contributed by atoms with Gasteiger partial charge >= 0.3 is 0 Å². The maximum Gasteiger partial charge on any atom is 0.246 e. The van der Waals surface area contributed by atoms with Crippen LogP contribution in [0.2, 0.25) is 0 Å². The molecule has 1 fully saturated rings. The topological polar surface area (TPSA) is 67.9 Å². The Hall–Kier alpha value is -1.15. The van der Waals surface area contributed by atoms with Crippen molar-refractivity contribution in [2.75, 3.05) is 40.0 Å². The van der Waals surface area contributed by atoms with Gasteiger partial charge in [0, 0.05) is 19.6 Å². The van der Waals surface area contributed by atoms with Crippen LogP contribution in [-0.2, 0) is 21.3 Å². The molecule has 1 saturated heterocycles. The molecule has 7 heteroatoms. The smallest absolute Gasteiger partial charge is 0.246 e. The molecule has 0 bridgehead atoms. The van der Waals surface area contributed by atoms with E-state index in [4.69, 9.17) is 9.47 Å². The van der Waals surface area contributed by atoms with Gasteiger partial charge in [0.05, 0.1) is 20.3 Å². The Morgan fingerprint density at radius 3 is 2.67 bits per heavy atom. The van der Waals surface area contributed by atoms with Gasteiger partial charge < -0.3 is 14.8 Å². The lowest BCUT2D eigenvalue weighted by molar-refractivity contribution is 0.0729. The van der Waals surface area contributed by atoms with E-state index in [0.29, 0.717) is 38.6 Å². The second-order valence-electron chi connectivity index (χ2n) is 4.78. The lowest BCUT2D eigenvalue weighted by Crippen LogP contribution is -2.40. The average molecular weight is 314 g/mol. The lowest BCUT2D eigenvalue weighted by Gasteiger charge is -2.26. The van der Waals surface area contributed by atoms with Crippen molar-refractivity contribution in [3.63, 3.8) is 0 Å². The standard InChI is InChI=1S/C14H22N2O4S/c1-3-15-11-12-4-5-13(19-2)14(10-12)21(17,18)16-6-8-20-9-7-16/h4-5,10,15H,3,6-9,11H2,1-2H3. The molecule has 0 aliphatic carbocycles. The molecule has 1 aliphatic rings. The summed E-state index contributed by atoms with van der Waals surface area (Å²) < 4.78 is 37.4. The van der Waals surface area contributed by atoms with Gasteiger partial charge in [-0.1, -0.05) is 13.0 Å². The van der Waals surface area contributed by atoms with Crippen molar-refractivity contribution in [1.29, 1.82) is 0 Å². The molecule has 0 saturated carbocycles. The molecule has 0 radical (unpaired) electrons. The van der Waals surface area contributed by atoms with E-state index in [2.05, 4.69) is 5.32 Å². The molecule has 0 unspecified atom stereocenters. The third-order valence-corrected chi connectivity index (χ3v) is 5.31. The first-order valence-corrected chi connectivity index (χ1v) is 8.49. The van der Waals surface area contributed by atoms with E-state index < -0.39 is 10.0 Å². The average Bonchev–Trinajstić information content (AvgIpc) is 2.53. The summed E-state index contributed by atoms with van der Waals surface area (Å²) in [7, 11) is -2.07. The maximum absolute atomic E-state index is 12.8. The Kier molecular flexibility index (Phi) is 5.58. The van der Waals surface area contributed by atoms with Crippen molar-refractivity contribution in [2.24, 2.45) is 0 Å². The Morgan fingerprint density at radius 1 is 1.33 bits per heavy atom. The molecule has 1 aromatic carbocycles. The first-order chi connectivity index (χ1) is 10.1. The van der Waals surface area contributed by atoms with E-state index in [-0.39, 0.29) is 4.90 Å². The molecule has 6 nitrogen and oxygen atoms in total. The fraction of sp³-hybridized carbons (Fsp3) is 0.571. The van der Waals surface area contributed by atoms with Crippen LogP contribution in [0.1, 0.15) is 12.5 Å². The maximum atomic E-state index is 12.8. The van der Waals surface area contributed by atoms with E-state index >= 15 is 0 Å². The van der Waals surface area contributed by atoms with Crippen LogP contribution in [0.25, 0.3) is 0 Å². The summed E-state index contributed by atoms with van der Waals surface area (Å²) in [5, 5.41) is 3.19. The molecule has 118 valence electrons. The van der Waals surface area contributed by atoms with Gasteiger partial charge in [-0.15, -0.1) is 0 Å². The summed E-state index contributed by atoms with van der Waals surface area (Å²) in [6.07, 6.45) is 0. The molecule has 0 atom stereocenters. The van der Waals surface area contributed by atoms with Gasteiger partial charge in [0.1, 0.15) is 10.6 Å². The highest BCUT2D eigenvalue weighted by molar-refractivity contribution is 7.89. The monoisotopic (exact) mass is 314 g/mol. The van der Waals surface area contributed by atoms with E-state index in [0.717, 1.165) is 12.1 Å². The van der Waals surface area contributed by atoms with Gasteiger partial charge in [0.2, 0.25) is 10.0 Å². The van der Waals surface area contributed by atoms with Gasteiger partial charge in [0.25, 0.3) is 0 Å². The second kappa shape index (κ2) is 7.22. The molecule has 1 aliphatic heterocycles. The van der Waals surface area contributed by atoms with Crippen molar-refractivity contribution >= 4 is 10.0 Å². The Morgan fingerprint density at radius 2 is 2.05 bits per heavy atom. The molecule has 1 N–H and O–H groups in total. The van der Waals surface area contributed by atoms with Crippen molar-refractivity contribution in [3.8, 4) is 5.75 Å². The van der Waals surface area contributed by atoms with Crippen molar-refractivity contribution in [3.05, 3.63) is 23.8 Å². The minimum absolute atomic E-state index is 0.224. The summed E-state index contributed by atoms with van der Waals surface area (Å²) >= 11 is 0. The molecular formula is C14H22N2O4S. The van der Waals surface area contributed by atoms with E-state index in [1.165, 1.54) is 11.4 Å². The van der Waals surface area contributed by atoms with Gasteiger partial charge in [-0.3, -0.25) is 0 Å². The fourth-order valence-corrected chi connectivity index (χ4v) is 3.84. The Labute approximate surface area is 126 Å². The number of sulfonamides is 1. The highest BCUT2D eigenvalue weighted by Gasteiger charge is 2.29. The predicted molar refractivity (Wildman–Crippen MR) is 80.0 cm³/mol. The number of morpholine rings is 1. The Balaban J connectivity index is 2.34. The molecular weight excluding hydrogens is 292 g/mol. The number of hydrogen-bond acceptors (Lipinski definition) is 5. The molecule has 1 aromatic rings. The molecule has 0 aromatic heterocycles. The highest BCUT2D eigenvalue weighted by atomic mass is 32.2. The predicted octanol–water partition coefficient (Wildman–Crippen LogP) is 0.826. The number of rotatable bonds is 6. The van der Waals surface area contributed by atoms with E-state index in [1.54, 1.807) is 12.1 Å². The second-order valence-corrected chi connectivity index (χ2v) is 6.69. The zero-order valence-corrected chi connectivity index (χ0v) is 13.3. The first-order valence-electron chi connectivity index (χ1n) is 7.05. The number of methoxy groups -OCH3 is 1. The van der Waals surface area contributed by atoms with Crippen LogP contribution in [0.5, 0.6) is 5.75 Å². The third kappa shape index (κ3) is 3.74. The molecule has 0 amide bonds. The zero-order valence-electron chi connectivity index (χ0n) is 12.5.